The van der Waals surface area contributed by atoms with Crippen LogP contribution >= 0.6 is 12.2 Å². The van der Waals surface area contributed by atoms with E-state index < -0.39 is 0 Å². The molecular weight excluding hydrogens is 336 g/mol. The minimum atomic E-state index is 0.468. The zero-order valence-corrected chi connectivity index (χ0v) is 17.4. The van der Waals surface area contributed by atoms with Crippen LogP contribution in [0.25, 0.3) is 0 Å². The van der Waals surface area contributed by atoms with Crippen LogP contribution in [0.3, 0.4) is 0 Å². The van der Waals surface area contributed by atoms with Crippen molar-refractivity contribution < 1.29 is 0 Å². The normalized spacial score (nSPS) is 34.3. The molecule has 0 heterocycles. The van der Waals surface area contributed by atoms with Gasteiger partial charge in [0.05, 0.1) is 0 Å². The number of hydrogen-bond acceptors (Lipinski definition) is 1. The van der Waals surface area contributed by atoms with Gasteiger partial charge >= 0.3 is 0 Å². The molecule has 0 aromatic heterocycles. The standard InChI is InChI=1S/C23H34N2S/c1-4-15(2)20-5-7-21(8-6-20)25-22(26)24-16(3)23-12-17-9-18(13-23)11-19(10-17)14-23/h5-8,15-19H,4,9-14H2,1-3H3,(H2,24,25,26). The Bertz CT molecular complexity index is 615. The van der Waals surface area contributed by atoms with Crippen molar-refractivity contribution in [2.24, 2.45) is 23.2 Å². The third-order valence-electron chi connectivity index (χ3n) is 7.70. The maximum absolute atomic E-state index is 5.65. The Balaban J connectivity index is 1.36. The van der Waals surface area contributed by atoms with E-state index in [4.69, 9.17) is 12.2 Å². The molecule has 26 heavy (non-hydrogen) atoms. The van der Waals surface area contributed by atoms with Gasteiger partial charge in [0, 0.05) is 11.7 Å². The van der Waals surface area contributed by atoms with Crippen LogP contribution in [0.2, 0.25) is 0 Å². The van der Waals surface area contributed by atoms with Gasteiger partial charge in [-0.1, -0.05) is 26.0 Å². The van der Waals surface area contributed by atoms with Gasteiger partial charge in [0.2, 0.25) is 0 Å². The van der Waals surface area contributed by atoms with Gasteiger partial charge in [-0.25, -0.2) is 0 Å². The van der Waals surface area contributed by atoms with Gasteiger partial charge in [-0.3, -0.25) is 0 Å². The van der Waals surface area contributed by atoms with E-state index >= 15 is 0 Å². The molecule has 142 valence electrons. The molecule has 5 rings (SSSR count). The summed E-state index contributed by atoms with van der Waals surface area (Å²) in [6.07, 6.45) is 9.92. The van der Waals surface area contributed by atoms with Crippen molar-refractivity contribution in [3.8, 4) is 0 Å². The van der Waals surface area contributed by atoms with E-state index in [-0.39, 0.29) is 0 Å². The van der Waals surface area contributed by atoms with Crippen molar-refractivity contribution in [1.29, 1.82) is 0 Å². The molecule has 0 aliphatic heterocycles. The summed E-state index contributed by atoms with van der Waals surface area (Å²) in [5.74, 6) is 3.57. The highest BCUT2D eigenvalue weighted by atomic mass is 32.1. The summed E-state index contributed by atoms with van der Waals surface area (Å²) in [6.45, 7) is 6.89. The highest BCUT2D eigenvalue weighted by Gasteiger charge is 2.53. The largest absolute Gasteiger partial charge is 0.359 e. The van der Waals surface area contributed by atoms with E-state index in [1.165, 1.54) is 50.5 Å². The van der Waals surface area contributed by atoms with E-state index in [9.17, 15) is 0 Å². The fourth-order valence-corrected chi connectivity index (χ4v) is 6.65. The molecule has 1 aromatic rings. The molecule has 4 aliphatic rings. The second kappa shape index (κ2) is 7.14. The molecule has 0 amide bonds. The first-order valence-corrected chi connectivity index (χ1v) is 11.1. The summed E-state index contributed by atoms with van der Waals surface area (Å²) in [7, 11) is 0. The molecule has 0 radical (unpaired) electrons. The summed E-state index contributed by atoms with van der Waals surface area (Å²) < 4.78 is 0. The predicted molar refractivity (Wildman–Crippen MR) is 115 cm³/mol. The van der Waals surface area contributed by atoms with Crippen LogP contribution in [0.5, 0.6) is 0 Å². The summed E-state index contributed by atoms with van der Waals surface area (Å²) in [5, 5.41) is 7.85. The molecule has 1 aromatic carbocycles. The zero-order chi connectivity index (χ0) is 18.3. The first kappa shape index (κ1) is 18.3. The SMILES string of the molecule is CCC(C)c1ccc(NC(=S)NC(C)C23CC4CC(CC(C4)C2)C3)cc1. The van der Waals surface area contributed by atoms with E-state index in [1.54, 1.807) is 0 Å². The molecule has 0 spiro atoms. The van der Waals surface area contributed by atoms with Gasteiger partial charge in [-0.15, -0.1) is 0 Å². The maximum atomic E-state index is 5.65. The average Bonchev–Trinajstić information content (AvgIpc) is 2.60. The smallest absolute Gasteiger partial charge is 0.171 e. The minimum Gasteiger partial charge on any atom is -0.359 e. The summed E-state index contributed by atoms with van der Waals surface area (Å²) in [5.41, 5.74) is 2.98. The Hall–Kier alpha value is -1.09. The minimum absolute atomic E-state index is 0.468. The Morgan fingerprint density at radius 3 is 2.08 bits per heavy atom. The molecule has 4 bridgehead atoms. The van der Waals surface area contributed by atoms with Gasteiger partial charge in [-0.05, 0) is 111 Å². The third-order valence-corrected chi connectivity index (χ3v) is 7.92. The van der Waals surface area contributed by atoms with E-state index in [1.807, 2.05) is 0 Å². The lowest BCUT2D eigenvalue weighted by Gasteiger charge is -2.59. The highest BCUT2D eigenvalue weighted by molar-refractivity contribution is 7.80. The molecule has 0 saturated heterocycles. The average molecular weight is 371 g/mol. The van der Waals surface area contributed by atoms with Gasteiger partial charge in [0.15, 0.2) is 5.11 Å². The fraction of sp³-hybridized carbons (Fsp3) is 0.696. The first-order valence-electron chi connectivity index (χ1n) is 10.6. The van der Waals surface area contributed by atoms with Crippen molar-refractivity contribution in [3.63, 3.8) is 0 Å². The lowest BCUT2D eigenvalue weighted by Crippen LogP contribution is -2.56. The topological polar surface area (TPSA) is 24.1 Å². The number of nitrogens with one attached hydrogen (secondary N) is 2. The summed E-state index contributed by atoms with van der Waals surface area (Å²) in [6, 6.07) is 9.23. The predicted octanol–water partition coefficient (Wildman–Crippen LogP) is 6.09. The van der Waals surface area contributed by atoms with Crippen molar-refractivity contribution in [2.75, 3.05) is 5.32 Å². The number of anilines is 1. The highest BCUT2D eigenvalue weighted by Crippen LogP contribution is 2.61. The fourth-order valence-electron chi connectivity index (χ4n) is 6.36. The molecule has 2 nitrogen and oxygen atoms in total. The zero-order valence-electron chi connectivity index (χ0n) is 16.6. The molecule has 4 fully saturated rings. The summed E-state index contributed by atoms with van der Waals surface area (Å²) in [4.78, 5) is 0. The second-order valence-corrected chi connectivity index (χ2v) is 9.94. The van der Waals surface area contributed by atoms with Crippen LogP contribution in [-0.4, -0.2) is 11.2 Å². The van der Waals surface area contributed by atoms with Crippen LogP contribution in [0, 0.1) is 23.2 Å². The molecule has 2 unspecified atom stereocenters. The van der Waals surface area contributed by atoms with Crippen molar-refractivity contribution in [1.82, 2.24) is 5.32 Å². The van der Waals surface area contributed by atoms with E-state index in [0.717, 1.165) is 28.6 Å². The van der Waals surface area contributed by atoms with E-state index in [0.29, 0.717) is 17.4 Å². The van der Waals surface area contributed by atoms with Gasteiger partial charge in [-0.2, -0.15) is 0 Å². The van der Waals surface area contributed by atoms with Crippen LogP contribution < -0.4 is 10.6 Å². The van der Waals surface area contributed by atoms with Crippen molar-refractivity contribution >= 4 is 23.0 Å². The van der Waals surface area contributed by atoms with Gasteiger partial charge < -0.3 is 10.6 Å². The van der Waals surface area contributed by atoms with Gasteiger partial charge in [0.25, 0.3) is 0 Å². The van der Waals surface area contributed by atoms with Crippen LogP contribution in [0.4, 0.5) is 5.69 Å². The number of hydrogen-bond donors (Lipinski definition) is 2. The molecule has 4 saturated carbocycles. The lowest BCUT2D eigenvalue weighted by atomic mass is 9.48. The Kier molecular flexibility index (Phi) is 5.02. The lowest BCUT2D eigenvalue weighted by molar-refractivity contribution is -0.0671. The van der Waals surface area contributed by atoms with Crippen LogP contribution in [0.1, 0.15) is 77.2 Å². The second-order valence-electron chi connectivity index (χ2n) is 9.53. The Morgan fingerprint density at radius 2 is 1.58 bits per heavy atom. The van der Waals surface area contributed by atoms with E-state index in [2.05, 4.69) is 55.7 Å². The molecule has 2 atom stereocenters. The molecule has 4 aliphatic carbocycles. The quantitative estimate of drug-likeness (QED) is 0.613. The number of rotatable bonds is 5. The molecule has 3 heteroatoms. The maximum Gasteiger partial charge on any atom is 0.171 e. The van der Waals surface area contributed by atoms with Crippen LogP contribution in [-0.2, 0) is 0 Å². The number of thiocarbonyl (C=S) groups is 1. The Morgan fingerprint density at radius 1 is 1.04 bits per heavy atom. The third kappa shape index (κ3) is 3.52. The summed E-state index contributed by atoms with van der Waals surface area (Å²) >= 11 is 5.65. The number of benzene rings is 1. The Labute approximate surface area is 164 Å². The van der Waals surface area contributed by atoms with Crippen LogP contribution in [0.15, 0.2) is 24.3 Å². The molecule has 2 N–H and O–H groups in total. The first-order chi connectivity index (χ1) is 12.5. The monoisotopic (exact) mass is 370 g/mol. The van der Waals surface area contributed by atoms with Crippen molar-refractivity contribution in [2.45, 2.75) is 77.7 Å². The van der Waals surface area contributed by atoms with Gasteiger partial charge in [0.1, 0.15) is 0 Å². The molecular formula is C23H34N2S. The van der Waals surface area contributed by atoms with Crippen molar-refractivity contribution in [3.05, 3.63) is 29.8 Å².